The van der Waals surface area contributed by atoms with Gasteiger partial charge in [0.15, 0.2) is 0 Å². The molecule has 1 saturated carbocycles. The highest BCUT2D eigenvalue weighted by Gasteiger charge is 2.26. The molecular formula is C14H26N4. The molecule has 2 unspecified atom stereocenters. The van der Waals surface area contributed by atoms with Gasteiger partial charge in [-0.3, -0.25) is 10.2 Å². The lowest BCUT2D eigenvalue weighted by molar-refractivity contribution is 0.0863. The topological polar surface area (TPSA) is 42.3 Å². The van der Waals surface area contributed by atoms with Gasteiger partial charge in [0.1, 0.15) is 0 Å². The van der Waals surface area contributed by atoms with Crippen LogP contribution in [0.3, 0.4) is 0 Å². The van der Waals surface area contributed by atoms with Crippen molar-refractivity contribution in [2.24, 2.45) is 0 Å². The van der Waals surface area contributed by atoms with Crippen molar-refractivity contribution in [1.82, 2.24) is 15.1 Å². The summed E-state index contributed by atoms with van der Waals surface area (Å²) in [6.45, 7) is 10.2. The van der Waals surface area contributed by atoms with E-state index in [9.17, 15) is 0 Å². The van der Waals surface area contributed by atoms with Crippen molar-refractivity contribution < 1.29 is 0 Å². The molecule has 1 saturated heterocycles. The summed E-state index contributed by atoms with van der Waals surface area (Å²) >= 11 is 0. The number of hydrogen-bond acceptors (Lipinski definition) is 4. The van der Waals surface area contributed by atoms with Gasteiger partial charge in [0.05, 0.1) is 12.1 Å². The molecule has 0 bridgehead atoms. The average Bonchev–Trinajstić information content (AvgIpc) is 3.18. The lowest BCUT2D eigenvalue weighted by atomic mass is 10.1. The van der Waals surface area contributed by atoms with Crippen molar-refractivity contribution in [1.29, 1.82) is 5.26 Å². The predicted molar refractivity (Wildman–Crippen MR) is 73.3 cm³/mol. The lowest BCUT2D eigenvalue weighted by Crippen LogP contribution is -2.52. The Morgan fingerprint density at radius 3 is 2.72 bits per heavy atom. The molecule has 0 aromatic rings. The minimum absolute atomic E-state index is 0.0528. The molecule has 0 aromatic carbocycles. The number of nitriles is 1. The Labute approximate surface area is 111 Å². The first-order valence-corrected chi connectivity index (χ1v) is 7.35. The van der Waals surface area contributed by atoms with E-state index in [1.807, 2.05) is 0 Å². The quantitative estimate of drug-likeness (QED) is 0.765. The van der Waals surface area contributed by atoms with Gasteiger partial charge in [-0.1, -0.05) is 6.92 Å². The Hall–Kier alpha value is -0.630. The zero-order valence-corrected chi connectivity index (χ0v) is 11.7. The molecule has 1 aliphatic carbocycles. The fourth-order valence-electron chi connectivity index (χ4n) is 2.77. The van der Waals surface area contributed by atoms with Gasteiger partial charge in [0.2, 0.25) is 0 Å². The molecule has 0 amide bonds. The van der Waals surface area contributed by atoms with Crippen LogP contribution in [-0.2, 0) is 0 Å². The van der Waals surface area contributed by atoms with Crippen LogP contribution in [0.5, 0.6) is 0 Å². The van der Waals surface area contributed by atoms with Crippen LogP contribution in [0.2, 0.25) is 0 Å². The van der Waals surface area contributed by atoms with Gasteiger partial charge in [-0.25, -0.2) is 0 Å². The molecule has 102 valence electrons. The Balaban J connectivity index is 1.68. The summed E-state index contributed by atoms with van der Waals surface area (Å²) in [6, 6.07) is 3.73. The van der Waals surface area contributed by atoms with Gasteiger partial charge < -0.3 is 4.90 Å². The molecular weight excluding hydrogens is 224 g/mol. The van der Waals surface area contributed by atoms with E-state index in [1.54, 1.807) is 0 Å². The second-order valence-electron chi connectivity index (χ2n) is 5.69. The summed E-state index contributed by atoms with van der Waals surface area (Å²) in [5, 5.41) is 12.5. The van der Waals surface area contributed by atoms with Crippen LogP contribution in [0, 0.1) is 11.3 Å². The van der Waals surface area contributed by atoms with Crippen LogP contribution < -0.4 is 5.32 Å². The molecule has 4 heteroatoms. The number of rotatable bonds is 6. The summed E-state index contributed by atoms with van der Waals surface area (Å²) in [4.78, 5) is 5.04. The number of likely N-dealkylation sites (N-methyl/N-ethyl adjacent to an activating group) is 1. The number of nitrogens with zero attached hydrogens (tertiary/aromatic N) is 3. The van der Waals surface area contributed by atoms with Gasteiger partial charge in [-0.2, -0.15) is 5.26 Å². The average molecular weight is 250 g/mol. The SMILES string of the molecule is CCN1CCN(CCC(C#N)NC2CC2)CC1C. The first-order chi connectivity index (χ1) is 8.72. The molecule has 4 nitrogen and oxygen atoms in total. The van der Waals surface area contributed by atoms with E-state index in [0.29, 0.717) is 12.1 Å². The van der Waals surface area contributed by atoms with Crippen molar-refractivity contribution in [3.05, 3.63) is 0 Å². The summed E-state index contributed by atoms with van der Waals surface area (Å²) < 4.78 is 0. The fourth-order valence-corrected chi connectivity index (χ4v) is 2.77. The maximum Gasteiger partial charge on any atom is 0.0967 e. The molecule has 1 N–H and O–H groups in total. The van der Waals surface area contributed by atoms with Crippen molar-refractivity contribution in [3.63, 3.8) is 0 Å². The summed E-state index contributed by atoms with van der Waals surface area (Å²) in [6.07, 6.45) is 3.47. The monoisotopic (exact) mass is 250 g/mol. The van der Waals surface area contributed by atoms with Gasteiger partial charge in [0, 0.05) is 38.3 Å². The first kappa shape index (κ1) is 13.8. The normalized spacial score (nSPS) is 27.9. The summed E-state index contributed by atoms with van der Waals surface area (Å²) in [7, 11) is 0. The summed E-state index contributed by atoms with van der Waals surface area (Å²) in [5.41, 5.74) is 0. The van der Waals surface area contributed by atoms with Gasteiger partial charge in [0.25, 0.3) is 0 Å². The van der Waals surface area contributed by atoms with Gasteiger partial charge >= 0.3 is 0 Å². The zero-order chi connectivity index (χ0) is 13.0. The smallest absolute Gasteiger partial charge is 0.0967 e. The molecule has 18 heavy (non-hydrogen) atoms. The van der Waals surface area contributed by atoms with E-state index in [1.165, 1.54) is 19.4 Å². The third-order valence-electron chi connectivity index (χ3n) is 4.16. The highest BCUT2D eigenvalue weighted by Crippen LogP contribution is 2.20. The second kappa shape index (κ2) is 6.51. The van der Waals surface area contributed by atoms with E-state index in [2.05, 4.69) is 35.0 Å². The van der Waals surface area contributed by atoms with Gasteiger partial charge in [-0.05, 0) is 32.7 Å². The van der Waals surface area contributed by atoms with Crippen molar-refractivity contribution >= 4 is 0 Å². The fraction of sp³-hybridized carbons (Fsp3) is 0.929. The van der Waals surface area contributed by atoms with E-state index in [-0.39, 0.29) is 6.04 Å². The maximum atomic E-state index is 9.13. The largest absolute Gasteiger partial charge is 0.300 e. The Kier molecular flexibility index (Phi) is 4.99. The van der Waals surface area contributed by atoms with Gasteiger partial charge in [-0.15, -0.1) is 0 Å². The van der Waals surface area contributed by atoms with Crippen molar-refractivity contribution in [3.8, 4) is 6.07 Å². The number of piperazine rings is 1. The minimum atomic E-state index is 0.0528. The van der Waals surface area contributed by atoms with E-state index in [0.717, 1.165) is 32.6 Å². The van der Waals surface area contributed by atoms with Crippen molar-refractivity contribution in [2.75, 3.05) is 32.7 Å². The van der Waals surface area contributed by atoms with E-state index >= 15 is 0 Å². The van der Waals surface area contributed by atoms with Crippen LogP contribution in [0.1, 0.15) is 33.1 Å². The lowest BCUT2D eigenvalue weighted by Gasteiger charge is -2.39. The molecule has 2 aliphatic rings. The molecule has 2 fully saturated rings. The highest BCUT2D eigenvalue weighted by molar-refractivity contribution is 4.96. The second-order valence-corrected chi connectivity index (χ2v) is 5.69. The van der Waals surface area contributed by atoms with Crippen LogP contribution in [0.4, 0.5) is 0 Å². The molecule has 0 aromatic heterocycles. The number of nitrogens with one attached hydrogen (secondary N) is 1. The standard InChI is InChI=1S/C14H26N4/c1-3-18-9-8-17(11-12(18)2)7-6-14(10-15)16-13-4-5-13/h12-14,16H,3-9,11H2,1-2H3. The zero-order valence-electron chi connectivity index (χ0n) is 11.7. The Morgan fingerprint density at radius 1 is 1.39 bits per heavy atom. The Bertz CT molecular complexity index is 295. The molecule has 1 heterocycles. The minimum Gasteiger partial charge on any atom is -0.300 e. The van der Waals surface area contributed by atoms with Crippen LogP contribution in [-0.4, -0.2) is 60.6 Å². The molecule has 1 aliphatic heterocycles. The molecule has 0 radical (unpaired) electrons. The molecule has 0 spiro atoms. The highest BCUT2D eigenvalue weighted by atomic mass is 15.3. The van der Waals surface area contributed by atoms with Crippen LogP contribution in [0.15, 0.2) is 0 Å². The van der Waals surface area contributed by atoms with Crippen LogP contribution in [0.25, 0.3) is 0 Å². The summed E-state index contributed by atoms with van der Waals surface area (Å²) in [5.74, 6) is 0. The third kappa shape index (κ3) is 3.94. The first-order valence-electron chi connectivity index (χ1n) is 7.35. The van der Waals surface area contributed by atoms with Crippen LogP contribution >= 0.6 is 0 Å². The molecule has 2 atom stereocenters. The third-order valence-corrected chi connectivity index (χ3v) is 4.16. The predicted octanol–water partition coefficient (Wildman–Crippen LogP) is 1.05. The Morgan fingerprint density at radius 2 is 2.17 bits per heavy atom. The van der Waals surface area contributed by atoms with E-state index in [4.69, 9.17) is 5.26 Å². The number of hydrogen-bond donors (Lipinski definition) is 1. The van der Waals surface area contributed by atoms with E-state index < -0.39 is 0 Å². The maximum absolute atomic E-state index is 9.13. The van der Waals surface area contributed by atoms with Crippen molar-refractivity contribution in [2.45, 2.75) is 51.2 Å². The molecule has 2 rings (SSSR count).